The van der Waals surface area contributed by atoms with Gasteiger partial charge >= 0.3 is 5.97 Å². The molecule has 0 aromatic heterocycles. The van der Waals surface area contributed by atoms with Crippen LogP contribution in [0, 0.1) is 0 Å². The number of aliphatic hydroxyl groups is 1. The van der Waals surface area contributed by atoms with E-state index >= 15 is 0 Å². The second kappa shape index (κ2) is 13.5. The number of phenols is 1. The van der Waals surface area contributed by atoms with Crippen LogP contribution in [0.5, 0.6) is 5.75 Å². The number of phenolic OH excluding ortho intramolecular Hbond substituents is 1. The second-order valence-corrected chi connectivity index (χ2v) is 12.7. The highest BCUT2D eigenvalue weighted by molar-refractivity contribution is 7.92. The van der Waals surface area contributed by atoms with Crippen molar-refractivity contribution in [1.82, 2.24) is 5.32 Å². The number of carbonyl (C=O) groups is 2. The number of nitrogens with one attached hydrogen (secondary N) is 2. The summed E-state index contributed by atoms with van der Waals surface area (Å²) in [4.78, 5) is 28.0. The Kier molecular flexibility index (Phi) is 10.1. The fraction of sp³-hybridized carbons (Fsp3) is 0.517. The Morgan fingerprint density at radius 1 is 1.02 bits per heavy atom. The first-order valence-electron chi connectivity index (χ1n) is 14.1. The first-order chi connectivity index (χ1) is 19.5. The number of benzene rings is 2. The highest BCUT2D eigenvalue weighted by Crippen LogP contribution is 2.31. The molecule has 4 rings (SSSR count). The van der Waals surface area contributed by atoms with Crippen LogP contribution in [0.2, 0.25) is 0 Å². The van der Waals surface area contributed by atoms with Crippen molar-refractivity contribution < 1.29 is 33.3 Å². The number of hydrogen-bond acceptors (Lipinski definition) is 8. The van der Waals surface area contributed by atoms with Gasteiger partial charge in [-0.25, -0.2) is 8.42 Å². The number of carbonyl (C=O) groups excluding carboxylic acids is 1. The monoisotopic (exact) mass is 588 g/mol. The maximum atomic E-state index is 12.8. The van der Waals surface area contributed by atoms with Crippen LogP contribution in [0.4, 0.5) is 17.1 Å². The average molecular weight is 589 g/mol. The van der Waals surface area contributed by atoms with Gasteiger partial charge < -0.3 is 30.4 Å². The minimum Gasteiger partial charge on any atom is -0.506 e. The smallest absolute Gasteiger partial charge is 0.312 e. The van der Waals surface area contributed by atoms with Gasteiger partial charge in [-0.2, -0.15) is 0 Å². The van der Waals surface area contributed by atoms with Crippen LogP contribution < -0.4 is 19.8 Å². The molecule has 1 unspecified atom stereocenters. The molecule has 0 spiro atoms. The van der Waals surface area contributed by atoms with E-state index in [9.17, 15) is 33.3 Å². The molecule has 0 radical (unpaired) electrons. The summed E-state index contributed by atoms with van der Waals surface area (Å²) in [5, 5.41) is 33.2. The van der Waals surface area contributed by atoms with Gasteiger partial charge in [0.05, 0.1) is 18.0 Å². The minimum absolute atomic E-state index is 0.0245. The van der Waals surface area contributed by atoms with Crippen LogP contribution >= 0.6 is 0 Å². The largest absolute Gasteiger partial charge is 0.506 e. The molecule has 2 aromatic carbocycles. The maximum Gasteiger partial charge on any atom is 0.312 e. The fourth-order valence-electron chi connectivity index (χ4n) is 5.72. The minimum atomic E-state index is -3.57. The molecule has 5 N–H and O–H groups in total. The van der Waals surface area contributed by atoms with E-state index in [0.29, 0.717) is 5.56 Å². The summed E-state index contributed by atoms with van der Waals surface area (Å²) in [6.45, 7) is 1.89. The zero-order chi connectivity index (χ0) is 29.6. The third-order valence-corrected chi connectivity index (χ3v) is 8.39. The standard InChI is InChI=1S/C29H40N4O7S/c1-41(39,40)31-25-17-20(7-12-26(25)34)27(35)19-30-21-13-15-32(16-14-21)22-8-10-24(11-9-22)33(28(36)18-29(37)38)23-5-3-2-4-6-23/h7-12,17,21,23,27,30-31,34-35H,2-6,13-16,18-19H2,1H3,(H,37,38). The van der Waals surface area contributed by atoms with Crippen LogP contribution in [0.1, 0.15) is 63.0 Å². The molecule has 41 heavy (non-hydrogen) atoms. The van der Waals surface area contributed by atoms with Crippen molar-refractivity contribution in [2.45, 2.75) is 69.6 Å². The molecule has 12 heteroatoms. The number of anilines is 3. The summed E-state index contributed by atoms with van der Waals surface area (Å²) in [5.74, 6) is -1.71. The van der Waals surface area contributed by atoms with Crippen molar-refractivity contribution in [3.63, 3.8) is 0 Å². The summed E-state index contributed by atoms with van der Waals surface area (Å²) >= 11 is 0. The van der Waals surface area contributed by atoms with Crippen molar-refractivity contribution in [2.24, 2.45) is 0 Å². The number of amides is 1. The van der Waals surface area contributed by atoms with Gasteiger partial charge in [0.2, 0.25) is 15.9 Å². The lowest BCUT2D eigenvalue weighted by atomic mass is 9.93. The lowest BCUT2D eigenvalue weighted by molar-refractivity contribution is -0.140. The van der Waals surface area contributed by atoms with Crippen molar-refractivity contribution in [1.29, 1.82) is 0 Å². The van der Waals surface area contributed by atoms with E-state index in [0.717, 1.165) is 75.7 Å². The first kappa shape index (κ1) is 30.6. The molecule has 1 aliphatic heterocycles. The van der Waals surface area contributed by atoms with E-state index in [-0.39, 0.29) is 36.0 Å². The lowest BCUT2D eigenvalue weighted by Crippen LogP contribution is -2.44. The van der Waals surface area contributed by atoms with Gasteiger partial charge in [-0.05, 0) is 67.6 Å². The predicted molar refractivity (Wildman–Crippen MR) is 158 cm³/mol. The third-order valence-electron chi connectivity index (χ3n) is 7.80. The Morgan fingerprint density at radius 2 is 1.68 bits per heavy atom. The van der Waals surface area contributed by atoms with Crippen LogP contribution in [-0.4, -0.2) is 73.6 Å². The van der Waals surface area contributed by atoms with E-state index in [1.54, 1.807) is 11.0 Å². The Labute approximate surface area is 241 Å². The summed E-state index contributed by atoms with van der Waals surface area (Å²) < 4.78 is 25.3. The molecule has 1 amide bonds. The molecule has 2 aliphatic rings. The van der Waals surface area contributed by atoms with Gasteiger partial charge in [-0.1, -0.05) is 25.3 Å². The number of carboxylic acids is 1. The number of carboxylic acid groups (broad SMARTS) is 1. The number of aromatic hydroxyl groups is 1. The Balaban J connectivity index is 1.31. The average Bonchev–Trinajstić information content (AvgIpc) is 2.93. The van der Waals surface area contributed by atoms with Gasteiger partial charge in [0.25, 0.3) is 0 Å². The molecule has 11 nitrogen and oxygen atoms in total. The van der Waals surface area contributed by atoms with Gasteiger partial charge in [0.1, 0.15) is 12.2 Å². The fourth-order valence-corrected chi connectivity index (χ4v) is 6.28. The molecule has 2 fully saturated rings. The Morgan fingerprint density at radius 3 is 2.29 bits per heavy atom. The number of hydrogen-bond donors (Lipinski definition) is 5. The zero-order valence-corrected chi connectivity index (χ0v) is 24.1. The summed E-state index contributed by atoms with van der Waals surface area (Å²) in [7, 11) is -3.57. The molecule has 1 aliphatic carbocycles. The van der Waals surface area contributed by atoms with E-state index < -0.39 is 28.5 Å². The van der Waals surface area contributed by atoms with Gasteiger partial charge in [0.15, 0.2) is 0 Å². The Hall–Kier alpha value is -3.35. The predicted octanol–water partition coefficient (Wildman–Crippen LogP) is 3.20. The highest BCUT2D eigenvalue weighted by atomic mass is 32.2. The molecule has 0 bridgehead atoms. The Bertz CT molecular complexity index is 1300. The van der Waals surface area contributed by atoms with Gasteiger partial charge in [-0.3, -0.25) is 14.3 Å². The van der Waals surface area contributed by atoms with E-state index in [1.165, 1.54) is 12.1 Å². The molecule has 1 heterocycles. The van der Waals surface area contributed by atoms with Crippen LogP contribution in [0.15, 0.2) is 42.5 Å². The van der Waals surface area contributed by atoms with Crippen molar-refractivity contribution >= 4 is 39.0 Å². The summed E-state index contributed by atoms with van der Waals surface area (Å²) in [6.07, 6.45) is 6.30. The first-order valence-corrected chi connectivity index (χ1v) is 16.0. The van der Waals surface area contributed by atoms with Crippen LogP contribution in [0.25, 0.3) is 0 Å². The lowest BCUT2D eigenvalue weighted by Gasteiger charge is -2.36. The quantitative estimate of drug-likeness (QED) is 0.196. The highest BCUT2D eigenvalue weighted by Gasteiger charge is 2.28. The SMILES string of the molecule is CS(=O)(=O)Nc1cc(C(O)CNC2CCN(c3ccc(N(C(=O)CC(=O)O)C4CCCCC4)cc3)CC2)ccc1O. The molecule has 1 saturated heterocycles. The zero-order valence-electron chi connectivity index (χ0n) is 23.3. The number of aliphatic carboxylic acids is 1. The van der Waals surface area contributed by atoms with Gasteiger partial charge in [0, 0.05) is 43.1 Å². The molecular weight excluding hydrogens is 548 g/mol. The van der Waals surface area contributed by atoms with E-state index in [4.69, 9.17) is 0 Å². The molecule has 224 valence electrons. The molecular formula is C29H40N4O7S. The summed E-state index contributed by atoms with van der Waals surface area (Å²) in [6, 6.07) is 12.4. The van der Waals surface area contributed by atoms with Crippen molar-refractivity contribution in [3.8, 4) is 5.75 Å². The number of aliphatic hydroxyl groups excluding tert-OH is 1. The second-order valence-electron chi connectivity index (χ2n) is 11.0. The topological polar surface area (TPSA) is 160 Å². The number of piperidine rings is 1. The number of sulfonamides is 1. The van der Waals surface area contributed by atoms with Crippen LogP contribution in [-0.2, 0) is 19.6 Å². The molecule has 1 saturated carbocycles. The van der Waals surface area contributed by atoms with Crippen molar-refractivity contribution in [3.05, 3.63) is 48.0 Å². The molecule has 2 aromatic rings. The molecule has 1 atom stereocenters. The number of rotatable bonds is 11. The van der Waals surface area contributed by atoms with E-state index in [1.807, 2.05) is 24.3 Å². The van der Waals surface area contributed by atoms with Crippen molar-refractivity contribution in [2.75, 3.05) is 40.4 Å². The third kappa shape index (κ3) is 8.57. The summed E-state index contributed by atoms with van der Waals surface area (Å²) in [5.41, 5.74) is 2.29. The van der Waals surface area contributed by atoms with Crippen LogP contribution in [0.3, 0.4) is 0 Å². The van der Waals surface area contributed by atoms with Gasteiger partial charge in [-0.15, -0.1) is 0 Å². The maximum absolute atomic E-state index is 12.8. The normalized spacial score (nSPS) is 17.7. The van der Waals surface area contributed by atoms with E-state index in [2.05, 4.69) is 14.9 Å². The number of nitrogens with zero attached hydrogens (tertiary/aromatic N) is 2.